The van der Waals surface area contributed by atoms with E-state index in [9.17, 15) is 14.4 Å². The zero-order valence-electron chi connectivity index (χ0n) is 11.8. The molecular formula is C14H19N3O4. The summed E-state index contributed by atoms with van der Waals surface area (Å²) in [6.07, 6.45) is 0.319. The van der Waals surface area contributed by atoms with Crippen LogP contribution in [0.5, 0.6) is 0 Å². The van der Waals surface area contributed by atoms with E-state index < -0.39 is 24.3 Å². The molecule has 0 saturated carbocycles. The number of benzene rings is 1. The van der Waals surface area contributed by atoms with Crippen molar-refractivity contribution in [3.05, 3.63) is 29.8 Å². The first-order valence-corrected chi connectivity index (χ1v) is 6.61. The van der Waals surface area contributed by atoms with Crippen molar-refractivity contribution in [1.82, 2.24) is 5.32 Å². The van der Waals surface area contributed by atoms with E-state index in [0.29, 0.717) is 17.8 Å². The van der Waals surface area contributed by atoms with Crippen LogP contribution >= 0.6 is 0 Å². The van der Waals surface area contributed by atoms with Gasteiger partial charge in [0.25, 0.3) is 5.91 Å². The Morgan fingerprint density at radius 3 is 2.57 bits per heavy atom. The van der Waals surface area contributed by atoms with Crippen LogP contribution < -0.4 is 16.4 Å². The van der Waals surface area contributed by atoms with Gasteiger partial charge in [0.15, 0.2) is 0 Å². The Morgan fingerprint density at radius 1 is 1.29 bits per heavy atom. The summed E-state index contributed by atoms with van der Waals surface area (Å²) in [4.78, 5) is 34.3. The lowest BCUT2D eigenvalue weighted by molar-refractivity contribution is -0.138. The van der Waals surface area contributed by atoms with Crippen molar-refractivity contribution in [1.29, 1.82) is 0 Å². The predicted octanol–water partition coefficient (Wildman–Crippen LogP) is 0.567. The lowest BCUT2D eigenvalue weighted by Gasteiger charge is -2.13. The third-order valence-electron chi connectivity index (χ3n) is 2.70. The fourth-order valence-corrected chi connectivity index (χ4v) is 1.63. The minimum atomic E-state index is -1.17. The normalized spacial score (nSPS) is 11.5. The quantitative estimate of drug-likeness (QED) is 0.585. The second-order valence-electron chi connectivity index (χ2n) is 4.50. The SMILES string of the molecule is CCCNC(=O)c1ccccc1NC(=O)C(N)CC(=O)O. The van der Waals surface area contributed by atoms with E-state index >= 15 is 0 Å². The summed E-state index contributed by atoms with van der Waals surface area (Å²) in [6.45, 7) is 2.46. The molecule has 7 nitrogen and oxygen atoms in total. The first-order chi connectivity index (χ1) is 9.95. The van der Waals surface area contributed by atoms with Gasteiger partial charge in [-0.2, -0.15) is 0 Å². The van der Waals surface area contributed by atoms with Gasteiger partial charge in [-0.25, -0.2) is 0 Å². The molecule has 0 aliphatic heterocycles. The molecule has 0 bridgehead atoms. The van der Waals surface area contributed by atoms with Gasteiger partial charge in [-0.1, -0.05) is 19.1 Å². The molecule has 1 aromatic carbocycles. The van der Waals surface area contributed by atoms with Gasteiger partial charge in [-0.15, -0.1) is 0 Å². The average molecular weight is 293 g/mol. The number of hydrogen-bond donors (Lipinski definition) is 4. The smallest absolute Gasteiger partial charge is 0.305 e. The number of carboxylic acid groups (broad SMARTS) is 1. The van der Waals surface area contributed by atoms with E-state index in [1.807, 2.05) is 6.92 Å². The van der Waals surface area contributed by atoms with Crippen molar-refractivity contribution < 1.29 is 19.5 Å². The van der Waals surface area contributed by atoms with Gasteiger partial charge in [0, 0.05) is 6.54 Å². The molecule has 0 radical (unpaired) electrons. The highest BCUT2D eigenvalue weighted by Crippen LogP contribution is 2.15. The Kier molecular flexibility index (Phi) is 6.35. The number of amides is 2. The summed E-state index contributed by atoms with van der Waals surface area (Å²) in [5.74, 6) is -2.11. The summed E-state index contributed by atoms with van der Waals surface area (Å²) in [7, 11) is 0. The molecule has 5 N–H and O–H groups in total. The van der Waals surface area contributed by atoms with Gasteiger partial charge in [0.1, 0.15) is 0 Å². The van der Waals surface area contributed by atoms with Gasteiger partial charge in [-0.3, -0.25) is 14.4 Å². The molecule has 0 aliphatic carbocycles. The highest BCUT2D eigenvalue weighted by atomic mass is 16.4. The molecule has 2 amide bonds. The van der Waals surface area contributed by atoms with Crippen LogP contribution in [0.4, 0.5) is 5.69 Å². The molecule has 0 heterocycles. The Labute approximate surface area is 122 Å². The number of carboxylic acids is 1. The lowest BCUT2D eigenvalue weighted by atomic mass is 10.1. The van der Waals surface area contributed by atoms with E-state index in [0.717, 1.165) is 6.42 Å². The molecule has 1 rings (SSSR count). The van der Waals surface area contributed by atoms with E-state index in [-0.39, 0.29) is 5.91 Å². The number of anilines is 1. The summed E-state index contributed by atoms with van der Waals surface area (Å²) < 4.78 is 0. The maximum absolute atomic E-state index is 12.0. The number of hydrogen-bond acceptors (Lipinski definition) is 4. The van der Waals surface area contributed by atoms with Crippen LogP contribution in [0.3, 0.4) is 0 Å². The van der Waals surface area contributed by atoms with Gasteiger partial charge in [-0.05, 0) is 18.6 Å². The molecule has 0 aromatic heterocycles. The molecule has 114 valence electrons. The van der Waals surface area contributed by atoms with E-state index in [2.05, 4.69) is 10.6 Å². The van der Waals surface area contributed by atoms with Crippen LogP contribution in [0.15, 0.2) is 24.3 Å². The van der Waals surface area contributed by atoms with Crippen LogP contribution in [-0.4, -0.2) is 35.5 Å². The van der Waals surface area contributed by atoms with E-state index in [1.54, 1.807) is 24.3 Å². The monoisotopic (exact) mass is 293 g/mol. The Balaban J connectivity index is 2.81. The second-order valence-corrected chi connectivity index (χ2v) is 4.50. The summed E-state index contributed by atoms with van der Waals surface area (Å²) in [5, 5.41) is 13.8. The Morgan fingerprint density at radius 2 is 1.95 bits per heavy atom. The van der Waals surface area contributed by atoms with Crippen LogP contribution in [-0.2, 0) is 9.59 Å². The maximum atomic E-state index is 12.0. The van der Waals surface area contributed by atoms with Crippen LogP contribution in [0, 0.1) is 0 Å². The highest BCUT2D eigenvalue weighted by molar-refractivity contribution is 6.05. The second kappa shape index (κ2) is 8.01. The third kappa shape index (κ3) is 5.23. The number of carbonyl (C=O) groups excluding carboxylic acids is 2. The Hall–Kier alpha value is -2.41. The number of carbonyl (C=O) groups is 3. The van der Waals surface area contributed by atoms with Crippen LogP contribution in [0.2, 0.25) is 0 Å². The summed E-state index contributed by atoms with van der Waals surface area (Å²) in [6, 6.07) is 5.30. The Bertz CT molecular complexity index is 531. The predicted molar refractivity (Wildman–Crippen MR) is 77.9 cm³/mol. The molecule has 21 heavy (non-hydrogen) atoms. The van der Waals surface area contributed by atoms with Crippen molar-refractivity contribution >= 4 is 23.5 Å². The number of para-hydroxylation sites is 1. The molecule has 0 aliphatic rings. The van der Waals surface area contributed by atoms with Crippen molar-refractivity contribution in [2.75, 3.05) is 11.9 Å². The zero-order chi connectivity index (χ0) is 15.8. The van der Waals surface area contributed by atoms with Crippen molar-refractivity contribution in [3.8, 4) is 0 Å². The topological polar surface area (TPSA) is 122 Å². The van der Waals surface area contributed by atoms with Crippen LogP contribution in [0.25, 0.3) is 0 Å². The minimum absolute atomic E-state index is 0.303. The molecule has 1 atom stereocenters. The fourth-order valence-electron chi connectivity index (χ4n) is 1.63. The minimum Gasteiger partial charge on any atom is -0.481 e. The maximum Gasteiger partial charge on any atom is 0.305 e. The summed E-state index contributed by atoms with van der Waals surface area (Å²) >= 11 is 0. The van der Waals surface area contributed by atoms with Gasteiger partial charge >= 0.3 is 5.97 Å². The zero-order valence-corrected chi connectivity index (χ0v) is 11.8. The molecule has 0 saturated heterocycles. The standard InChI is InChI=1S/C14H19N3O4/c1-2-7-16-13(20)9-5-3-4-6-11(9)17-14(21)10(15)8-12(18)19/h3-6,10H,2,7-8,15H2,1H3,(H,16,20)(H,17,21)(H,18,19). The first-order valence-electron chi connectivity index (χ1n) is 6.61. The van der Waals surface area contributed by atoms with Crippen molar-refractivity contribution in [2.24, 2.45) is 5.73 Å². The summed E-state index contributed by atoms with van der Waals surface area (Å²) in [5.41, 5.74) is 6.09. The number of rotatable bonds is 7. The van der Waals surface area contributed by atoms with Crippen molar-refractivity contribution in [3.63, 3.8) is 0 Å². The largest absolute Gasteiger partial charge is 0.481 e. The average Bonchev–Trinajstić information content (AvgIpc) is 2.44. The first kappa shape index (κ1) is 16.6. The molecule has 1 aromatic rings. The molecule has 1 unspecified atom stereocenters. The van der Waals surface area contributed by atoms with E-state index in [1.165, 1.54) is 0 Å². The molecular weight excluding hydrogens is 274 g/mol. The third-order valence-corrected chi connectivity index (χ3v) is 2.70. The van der Waals surface area contributed by atoms with Crippen molar-refractivity contribution in [2.45, 2.75) is 25.8 Å². The number of nitrogens with two attached hydrogens (primary N) is 1. The number of aliphatic carboxylic acids is 1. The van der Waals surface area contributed by atoms with Gasteiger partial charge in [0.2, 0.25) is 5.91 Å². The lowest BCUT2D eigenvalue weighted by Crippen LogP contribution is -2.38. The van der Waals surface area contributed by atoms with Gasteiger partial charge in [0.05, 0.1) is 23.7 Å². The molecule has 0 spiro atoms. The fraction of sp³-hybridized carbons (Fsp3) is 0.357. The van der Waals surface area contributed by atoms with E-state index in [4.69, 9.17) is 10.8 Å². The molecule has 0 fully saturated rings. The number of nitrogens with one attached hydrogen (secondary N) is 2. The highest BCUT2D eigenvalue weighted by Gasteiger charge is 2.19. The molecule has 7 heteroatoms. The van der Waals surface area contributed by atoms with Crippen LogP contribution in [0.1, 0.15) is 30.1 Å². The van der Waals surface area contributed by atoms with Gasteiger partial charge < -0.3 is 21.5 Å².